The number of hydrogen-bond acceptors (Lipinski definition) is 5. The summed E-state index contributed by atoms with van der Waals surface area (Å²) in [7, 11) is 1.76. The monoisotopic (exact) mass is 333 g/mol. The third-order valence-electron chi connectivity index (χ3n) is 4.51. The second kappa shape index (κ2) is 6.26. The van der Waals surface area contributed by atoms with Crippen LogP contribution >= 0.6 is 0 Å². The molecule has 0 radical (unpaired) electrons. The van der Waals surface area contributed by atoms with Gasteiger partial charge in [0.25, 0.3) is 5.91 Å². The fourth-order valence-corrected chi connectivity index (χ4v) is 3.34. The highest BCUT2D eigenvalue weighted by atomic mass is 16.5. The van der Waals surface area contributed by atoms with E-state index in [9.17, 15) is 9.59 Å². The smallest absolute Gasteiger partial charge is 0.317 e. The largest absolute Gasteiger partial charge is 0.464 e. The van der Waals surface area contributed by atoms with Gasteiger partial charge in [0.15, 0.2) is 6.10 Å². The van der Waals surface area contributed by atoms with Gasteiger partial charge < -0.3 is 19.9 Å². The number of likely N-dealkylation sites (tertiary alicyclic amines) is 2. The van der Waals surface area contributed by atoms with Crippen LogP contribution in [0.3, 0.4) is 0 Å². The Bertz CT molecular complexity index is 650. The number of likely N-dealkylation sites (N-methyl/N-ethyl adjacent to an activating group) is 1. The second-order valence-electron chi connectivity index (χ2n) is 6.67. The second-order valence-corrected chi connectivity index (χ2v) is 6.67. The van der Waals surface area contributed by atoms with Crippen molar-refractivity contribution in [3.63, 3.8) is 0 Å². The molecule has 24 heavy (non-hydrogen) atoms. The summed E-state index contributed by atoms with van der Waals surface area (Å²) >= 11 is 0. The van der Waals surface area contributed by atoms with Gasteiger partial charge in [-0.25, -0.2) is 9.78 Å². The van der Waals surface area contributed by atoms with Crippen LogP contribution in [0, 0.1) is 12.8 Å². The molecule has 0 aromatic carbocycles. The number of urea groups is 1. The molecule has 2 fully saturated rings. The van der Waals surface area contributed by atoms with Crippen molar-refractivity contribution in [1.29, 1.82) is 0 Å². The first-order chi connectivity index (χ1) is 11.4. The zero-order chi connectivity index (χ0) is 17.4. The van der Waals surface area contributed by atoms with Crippen LogP contribution in [0.5, 0.6) is 5.88 Å². The van der Waals surface area contributed by atoms with Crippen molar-refractivity contribution in [3.8, 4) is 5.88 Å². The van der Waals surface area contributed by atoms with E-state index in [0.29, 0.717) is 24.8 Å². The van der Waals surface area contributed by atoms with Crippen LogP contribution in [0.4, 0.5) is 4.79 Å². The Hall–Kier alpha value is -2.38. The van der Waals surface area contributed by atoms with Crippen LogP contribution in [0.1, 0.15) is 19.7 Å². The van der Waals surface area contributed by atoms with E-state index in [0.717, 1.165) is 0 Å². The van der Waals surface area contributed by atoms with Crippen molar-refractivity contribution in [2.24, 2.45) is 5.92 Å². The van der Waals surface area contributed by atoms with E-state index in [4.69, 9.17) is 4.74 Å². The maximum Gasteiger partial charge on any atom is 0.317 e. The van der Waals surface area contributed by atoms with Gasteiger partial charge in [0.2, 0.25) is 5.88 Å². The molecule has 130 valence electrons. The number of carbonyl (C=O) groups is 2. The summed E-state index contributed by atoms with van der Waals surface area (Å²) in [6, 6.07) is 1.60. The maximum absolute atomic E-state index is 12.5. The standard InChI is InChI=1S/C16H23N5O3/c1-9(2)18-16(23)21-7-11-12(8-21)20(4)15(22)14(11)24-13-5-6-17-10(3)19-13/h5-6,9,11-12,14H,7-8H2,1-4H3,(H,18,23)/t11-,12+,14-/m0/s1. The SMILES string of the molecule is Cc1nccc(O[C@@H]2C(=O)N(C)[C@@H]3CN(C(=O)NC(C)C)C[C@H]23)n1. The molecule has 0 aliphatic carbocycles. The molecule has 8 heteroatoms. The Kier molecular flexibility index (Phi) is 4.29. The minimum Gasteiger partial charge on any atom is -0.464 e. The fourth-order valence-electron chi connectivity index (χ4n) is 3.34. The molecule has 2 aliphatic rings. The Labute approximate surface area is 141 Å². The topological polar surface area (TPSA) is 87.7 Å². The number of rotatable bonds is 3. The number of fused-ring (bicyclic) bond motifs is 1. The third-order valence-corrected chi connectivity index (χ3v) is 4.51. The minimum atomic E-state index is -0.619. The summed E-state index contributed by atoms with van der Waals surface area (Å²) in [5.74, 6) is 0.855. The number of carbonyl (C=O) groups excluding carboxylic acids is 2. The molecule has 8 nitrogen and oxygen atoms in total. The average molecular weight is 333 g/mol. The van der Waals surface area contributed by atoms with Crippen molar-refractivity contribution >= 4 is 11.9 Å². The lowest BCUT2D eigenvalue weighted by Crippen LogP contribution is -2.45. The first kappa shape index (κ1) is 16.5. The molecule has 2 aliphatic heterocycles. The summed E-state index contributed by atoms with van der Waals surface area (Å²) in [6.45, 7) is 6.63. The number of nitrogens with zero attached hydrogens (tertiary/aromatic N) is 4. The van der Waals surface area contributed by atoms with Crippen molar-refractivity contribution in [3.05, 3.63) is 18.1 Å². The van der Waals surface area contributed by atoms with E-state index in [1.165, 1.54) is 0 Å². The molecule has 1 N–H and O–H groups in total. The van der Waals surface area contributed by atoms with Crippen molar-refractivity contribution in [2.75, 3.05) is 20.1 Å². The minimum absolute atomic E-state index is 0.0247. The van der Waals surface area contributed by atoms with Crippen LogP contribution in [0.25, 0.3) is 0 Å². The summed E-state index contributed by atoms with van der Waals surface area (Å²) in [5.41, 5.74) is 0. The molecule has 0 spiro atoms. The predicted molar refractivity (Wildman–Crippen MR) is 86.5 cm³/mol. The number of ether oxygens (including phenoxy) is 1. The molecule has 1 aromatic rings. The van der Waals surface area contributed by atoms with Crippen LogP contribution in [0.15, 0.2) is 12.3 Å². The first-order valence-electron chi connectivity index (χ1n) is 8.15. The van der Waals surface area contributed by atoms with Gasteiger partial charge in [0.05, 0.1) is 6.04 Å². The summed E-state index contributed by atoms with van der Waals surface area (Å²) in [5, 5.41) is 2.89. The van der Waals surface area contributed by atoms with Crippen LogP contribution in [-0.2, 0) is 4.79 Å². The summed E-state index contributed by atoms with van der Waals surface area (Å²) in [4.78, 5) is 36.4. The van der Waals surface area contributed by atoms with Gasteiger partial charge >= 0.3 is 6.03 Å². The average Bonchev–Trinajstić information content (AvgIpc) is 3.03. The fraction of sp³-hybridized carbons (Fsp3) is 0.625. The van der Waals surface area contributed by atoms with Crippen LogP contribution in [0.2, 0.25) is 0 Å². The van der Waals surface area contributed by atoms with Gasteiger partial charge in [-0.2, -0.15) is 4.98 Å². The lowest BCUT2D eigenvalue weighted by atomic mass is 10.0. The molecule has 0 unspecified atom stereocenters. The molecule has 3 atom stereocenters. The lowest BCUT2D eigenvalue weighted by molar-refractivity contribution is -0.134. The Morgan fingerprint density at radius 1 is 1.42 bits per heavy atom. The van der Waals surface area contributed by atoms with Crippen molar-refractivity contribution in [1.82, 2.24) is 25.1 Å². The molecule has 3 heterocycles. The normalized spacial score (nSPS) is 26.0. The van der Waals surface area contributed by atoms with Crippen molar-refractivity contribution in [2.45, 2.75) is 39.0 Å². The van der Waals surface area contributed by atoms with Gasteiger partial charge in [-0.15, -0.1) is 0 Å². The Morgan fingerprint density at radius 2 is 2.17 bits per heavy atom. The molecule has 0 saturated carbocycles. The quantitative estimate of drug-likeness (QED) is 0.866. The molecular formula is C16H23N5O3. The third kappa shape index (κ3) is 3.00. The molecule has 3 amide bonds. The molecule has 3 rings (SSSR count). The van der Waals surface area contributed by atoms with Gasteiger partial charge in [0, 0.05) is 44.4 Å². The van der Waals surface area contributed by atoms with E-state index < -0.39 is 6.10 Å². The predicted octanol–water partition coefficient (Wildman–Crippen LogP) is 0.423. The zero-order valence-corrected chi connectivity index (χ0v) is 14.4. The molecule has 1 aromatic heterocycles. The Morgan fingerprint density at radius 3 is 2.83 bits per heavy atom. The van der Waals surface area contributed by atoms with Gasteiger partial charge in [-0.3, -0.25) is 4.79 Å². The lowest BCUT2D eigenvalue weighted by Gasteiger charge is -2.23. The van der Waals surface area contributed by atoms with E-state index in [1.807, 2.05) is 13.8 Å². The Balaban J connectivity index is 1.74. The first-order valence-corrected chi connectivity index (χ1v) is 8.15. The van der Waals surface area contributed by atoms with E-state index in [2.05, 4.69) is 15.3 Å². The molecule has 0 bridgehead atoms. The molecular weight excluding hydrogens is 310 g/mol. The summed E-state index contributed by atoms with van der Waals surface area (Å²) < 4.78 is 5.86. The van der Waals surface area contributed by atoms with Gasteiger partial charge in [0.1, 0.15) is 5.82 Å². The van der Waals surface area contributed by atoms with E-state index in [1.54, 1.807) is 36.0 Å². The van der Waals surface area contributed by atoms with Crippen molar-refractivity contribution < 1.29 is 14.3 Å². The van der Waals surface area contributed by atoms with Gasteiger partial charge in [-0.1, -0.05) is 0 Å². The van der Waals surface area contributed by atoms with E-state index >= 15 is 0 Å². The number of amides is 3. The number of hydrogen-bond donors (Lipinski definition) is 1. The maximum atomic E-state index is 12.5. The highest BCUT2D eigenvalue weighted by Crippen LogP contribution is 2.33. The molecule has 2 saturated heterocycles. The highest BCUT2D eigenvalue weighted by molar-refractivity contribution is 5.85. The van der Waals surface area contributed by atoms with Crippen LogP contribution in [-0.4, -0.2) is 70.0 Å². The number of nitrogens with one attached hydrogen (secondary N) is 1. The van der Waals surface area contributed by atoms with Gasteiger partial charge in [-0.05, 0) is 20.8 Å². The number of aryl methyl sites for hydroxylation is 1. The highest BCUT2D eigenvalue weighted by Gasteiger charge is 2.53. The number of aromatic nitrogens is 2. The van der Waals surface area contributed by atoms with Crippen LogP contribution < -0.4 is 10.1 Å². The zero-order valence-electron chi connectivity index (χ0n) is 14.4. The van der Waals surface area contributed by atoms with E-state index in [-0.39, 0.29) is 29.9 Å². The summed E-state index contributed by atoms with van der Waals surface area (Å²) in [6.07, 6.45) is 0.987.